The first-order valence-corrected chi connectivity index (χ1v) is 13.3. The second-order valence-electron chi connectivity index (χ2n) is 8.97. The predicted molar refractivity (Wildman–Crippen MR) is 129 cm³/mol. The van der Waals surface area contributed by atoms with Crippen LogP contribution in [0.1, 0.15) is 31.2 Å². The molecule has 2 N–H and O–H groups in total. The summed E-state index contributed by atoms with van der Waals surface area (Å²) in [7, 11) is -3.76. The highest BCUT2D eigenvalue weighted by atomic mass is 32.2. The van der Waals surface area contributed by atoms with Gasteiger partial charge in [0, 0.05) is 39.3 Å². The van der Waals surface area contributed by atoms with Crippen LogP contribution < -0.4 is 14.6 Å². The standard InChI is InChI=1S/C24H31N5O4S/c1-2-3-8-29-21-6-5-19(34(25,30)31)14-20(21)26-24(29)16-28-11-9-27(10-12-28)15-18-4-7-22-23(13-18)33-17-32-22/h4-7,13-14H,2-3,8-12,15-17H2,1H3,(H2,25,30,31). The van der Waals surface area contributed by atoms with E-state index in [1.54, 1.807) is 12.1 Å². The van der Waals surface area contributed by atoms with Gasteiger partial charge in [0.05, 0.1) is 22.5 Å². The molecule has 0 aliphatic carbocycles. The fourth-order valence-electron chi connectivity index (χ4n) is 4.63. The van der Waals surface area contributed by atoms with Crippen molar-refractivity contribution in [2.75, 3.05) is 33.0 Å². The highest BCUT2D eigenvalue weighted by molar-refractivity contribution is 7.89. The molecule has 0 atom stereocenters. The Morgan fingerprint density at radius 2 is 1.71 bits per heavy atom. The van der Waals surface area contributed by atoms with E-state index in [0.29, 0.717) is 12.3 Å². The maximum Gasteiger partial charge on any atom is 0.238 e. The summed E-state index contributed by atoms with van der Waals surface area (Å²) in [6, 6.07) is 11.1. The van der Waals surface area contributed by atoms with Crippen LogP contribution in [0, 0.1) is 0 Å². The number of aryl methyl sites for hydroxylation is 1. The number of hydrogen-bond donors (Lipinski definition) is 1. The van der Waals surface area contributed by atoms with Crippen molar-refractivity contribution in [3.63, 3.8) is 0 Å². The molecule has 9 nitrogen and oxygen atoms in total. The number of unbranched alkanes of at least 4 members (excludes halogenated alkanes) is 1. The fraction of sp³-hybridized carbons (Fsp3) is 0.458. The van der Waals surface area contributed by atoms with Gasteiger partial charge in [0.2, 0.25) is 16.8 Å². The van der Waals surface area contributed by atoms with Gasteiger partial charge in [0.25, 0.3) is 0 Å². The summed E-state index contributed by atoms with van der Waals surface area (Å²) < 4.78 is 36.7. The molecule has 10 heteroatoms. The third-order valence-electron chi connectivity index (χ3n) is 6.54. The maximum atomic E-state index is 11.8. The van der Waals surface area contributed by atoms with Gasteiger partial charge in [-0.1, -0.05) is 19.4 Å². The lowest BCUT2D eigenvalue weighted by Gasteiger charge is -2.34. The molecule has 34 heavy (non-hydrogen) atoms. The first-order chi connectivity index (χ1) is 16.4. The van der Waals surface area contributed by atoms with Crippen molar-refractivity contribution in [1.82, 2.24) is 19.4 Å². The Labute approximate surface area is 200 Å². The summed E-state index contributed by atoms with van der Waals surface area (Å²) >= 11 is 0. The molecule has 2 aliphatic heterocycles. The summed E-state index contributed by atoms with van der Waals surface area (Å²) in [6.45, 7) is 8.78. The van der Waals surface area contributed by atoms with E-state index in [1.807, 2.05) is 12.1 Å². The number of primary sulfonamides is 1. The molecule has 0 amide bonds. The van der Waals surface area contributed by atoms with Crippen molar-refractivity contribution in [3.05, 3.63) is 47.8 Å². The van der Waals surface area contributed by atoms with Crippen LogP contribution in [0.2, 0.25) is 0 Å². The molecular formula is C24H31N5O4S. The van der Waals surface area contributed by atoms with E-state index in [9.17, 15) is 8.42 Å². The van der Waals surface area contributed by atoms with Crippen molar-refractivity contribution in [3.8, 4) is 11.5 Å². The summed E-state index contributed by atoms with van der Waals surface area (Å²) in [6.07, 6.45) is 2.12. The van der Waals surface area contributed by atoms with Crippen LogP contribution in [0.5, 0.6) is 11.5 Å². The highest BCUT2D eigenvalue weighted by Gasteiger charge is 2.22. The zero-order valence-electron chi connectivity index (χ0n) is 19.4. The van der Waals surface area contributed by atoms with E-state index in [2.05, 4.69) is 33.4 Å². The monoisotopic (exact) mass is 485 g/mol. The van der Waals surface area contributed by atoms with Crippen molar-refractivity contribution < 1.29 is 17.9 Å². The molecule has 2 aromatic carbocycles. The number of imidazole rings is 1. The van der Waals surface area contributed by atoms with E-state index >= 15 is 0 Å². The Balaban J connectivity index is 1.26. The third kappa shape index (κ3) is 4.90. The van der Waals surface area contributed by atoms with E-state index in [-0.39, 0.29) is 4.90 Å². The molecule has 182 valence electrons. The Morgan fingerprint density at radius 3 is 2.44 bits per heavy atom. The predicted octanol–water partition coefficient (Wildman–Crippen LogP) is 2.53. The van der Waals surface area contributed by atoms with Gasteiger partial charge in [-0.15, -0.1) is 0 Å². The van der Waals surface area contributed by atoms with Crippen LogP contribution >= 0.6 is 0 Å². The molecule has 3 aromatic rings. The molecule has 0 saturated carbocycles. The summed E-state index contributed by atoms with van der Waals surface area (Å²) in [5.41, 5.74) is 2.86. The summed E-state index contributed by atoms with van der Waals surface area (Å²) in [5, 5.41) is 5.33. The number of rotatable bonds is 8. The second-order valence-corrected chi connectivity index (χ2v) is 10.5. The average molecular weight is 486 g/mol. The van der Waals surface area contributed by atoms with Gasteiger partial charge >= 0.3 is 0 Å². The van der Waals surface area contributed by atoms with Gasteiger partial charge < -0.3 is 14.0 Å². The Hall–Kier alpha value is -2.66. The lowest BCUT2D eigenvalue weighted by atomic mass is 10.1. The van der Waals surface area contributed by atoms with Gasteiger partial charge in [-0.25, -0.2) is 18.5 Å². The average Bonchev–Trinajstić information content (AvgIpc) is 3.41. The summed E-state index contributed by atoms with van der Waals surface area (Å²) in [5.74, 6) is 2.61. The number of aromatic nitrogens is 2. The minimum absolute atomic E-state index is 0.101. The van der Waals surface area contributed by atoms with Crippen molar-refractivity contribution in [1.29, 1.82) is 0 Å². The number of benzene rings is 2. The number of sulfonamides is 1. The lowest BCUT2D eigenvalue weighted by molar-refractivity contribution is 0.119. The molecule has 0 radical (unpaired) electrons. The number of nitrogens with two attached hydrogens (primary N) is 1. The number of nitrogens with zero attached hydrogens (tertiary/aromatic N) is 4. The van der Waals surface area contributed by atoms with Crippen LogP contribution in [-0.2, 0) is 29.7 Å². The minimum Gasteiger partial charge on any atom is -0.454 e. The van der Waals surface area contributed by atoms with Gasteiger partial charge in [-0.2, -0.15) is 0 Å². The molecule has 5 rings (SSSR count). The Bertz CT molecular complexity index is 1280. The molecule has 1 saturated heterocycles. The van der Waals surface area contributed by atoms with Gasteiger partial charge in [-0.05, 0) is 42.3 Å². The third-order valence-corrected chi connectivity index (χ3v) is 7.45. The van der Waals surface area contributed by atoms with Crippen molar-refractivity contribution >= 4 is 21.1 Å². The first-order valence-electron chi connectivity index (χ1n) is 11.8. The second kappa shape index (κ2) is 9.53. The van der Waals surface area contributed by atoms with Crippen LogP contribution in [0.4, 0.5) is 0 Å². The summed E-state index contributed by atoms with van der Waals surface area (Å²) in [4.78, 5) is 9.78. The Kier molecular flexibility index (Phi) is 6.48. The molecule has 3 heterocycles. The minimum atomic E-state index is -3.76. The normalized spacial score (nSPS) is 17.0. The van der Waals surface area contributed by atoms with Crippen molar-refractivity contribution in [2.24, 2.45) is 5.14 Å². The smallest absolute Gasteiger partial charge is 0.238 e. The van der Waals surface area contributed by atoms with Crippen LogP contribution in [-0.4, -0.2) is 60.7 Å². The van der Waals surface area contributed by atoms with E-state index in [0.717, 1.165) is 81.5 Å². The quantitative estimate of drug-likeness (QED) is 0.523. The fourth-order valence-corrected chi connectivity index (χ4v) is 5.16. The van der Waals surface area contributed by atoms with Crippen LogP contribution in [0.3, 0.4) is 0 Å². The largest absolute Gasteiger partial charge is 0.454 e. The molecule has 1 aromatic heterocycles. The zero-order valence-corrected chi connectivity index (χ0v) is 20.3. The number of piperazine rings is 1. The highest BCUT2D eigenvalue weighted by Crippen LogP contribution is 2.33. The maximum absolute atomic E-state index is 11.8. The van der Waals surface area contributed by atoms with Crippen molar-refractivity contribution in [2.45, 2.75) is 44.3 Å². The molecule has 2 aliphatic rings. The topological polar surface area (TPSA) is 103 Å². The van der Waals surface area contributed by atoms with E-state index in [4.69, 9.17) is 19.6 Å². The molecule has 1 fully saturated rings. The molecule has 0 bridgehead atoms. The Morgan fingerprint density at radius 1 is 0.971 bits per heavy atom. The van der Waals surface area contributed by atoms with Gasteiger partial charge in [0.15, 0.2) is 11.5 Å². The SMILES string of the molecule is CCCCn1c(CN2CCN(Cc3ccc4c(c3)OCO4)CC2)nc2cc(S(N)(=O)=O)ccc21. The lowest BCUT2D eigenvalue weighted by Crippen LogP contribution is -2.45. The number of hydrogen-bond acceptors (Lipinski definition) is 7. The number of ether oxygens (including phenoxy) is 2. The molecule has 0 unspecified atom stereocenters. The van der Waals surface area contributed by atoms with Crippen LogP contribution in [0.25, 0.3) is 11.0 Å². The van der Waals surface area contributed by atoms with Gasteiger partial charge in [0.1, 0.15) is 5.82 Å². The van der Waals surface area contributed by atoms with E-state index in [1.165, 1.54) is 5.56 Å². The van der Waals surface area contributed by atoms with Gasteiger partial charge in [-0.3, -0.25) is 9.80 Å². The first kappa shape index (κ1) is 23.1. The number of fused-ring (bicyclic) bond motifs is 2. The van der Waals surface area contributed by atoms with Crippen LogP contribution in [0.15, 0.2) is 41.3 Å². The molecule has 0 spiro atoms. The van der Waals surface area contributed by atoms with E-state index < -0.39 is 10.0 Å². The molecular weight excluding hydrogens is 454 g/mol. The zero-order chi connectivity index (χ0) is 23.7.